The molecular formula is C25H20N4O4. The SMILES string of the molecule is Cc1cc([C@@H](C)Nc2ccccc2C(=O)O)c2oc(-n3nnc4ccccc43)cc(=O)c2c1. The van der Waals surface area contributed by atoms with Gasteiger partial charge >= 0.3 is 5.97 Å². The lowest BCUT2D eigenvalue weighted by Crippen LogP contribution is -2.13. The molecule has 8 nitrogen and oxygen atoms in total. The molecule has 5 rings (SSSR count). The van der Waals surface area contributed by atoms with Gasteiger partial charge in [0, 0.05) is 17.3 Å². The monoisotopic (exact) mass is 440 g/mol. The van der Waals surface area contributed by atoms with E-state index in [0.717, 1.165) is 16.6 Å². The van der Waals surface area contributed by atoms with E-state index in [9.17, 15) is 14.7 Å². The molecule has 3 aromatic carbocycles. The maximum atomic E-state index is 13.0. The van der Waals surface area contributed by atoms with Crippen LogP contribution in [0.1, 0.15) is 34.5 Å². The molecule has 0 amide bonds. The number of benzene rings is 3. The van der Waals surface area contributed by atoms with Crippen molar-refractivity contribution in [2.24, 2.45) is 0 Å². The van der Waals surface area contributed by atoms with Gasteiger partial charge in [0.15, 0.2) is 5.43 Å². The Kier molecular flexibility index (Phi) is 4.90. The largest absolute Gasteiger partial charge is 0.478 e. The molecule has 164 valence electrons. The molecule has 0 fully saturated rings. The van der Waals surface area contributed by atoms with E-state index in [2.05, 4.69) is 15.6 Å². The minimum atomic E-state index is -1.02. The standard InChI is InChI=1S/C25H20N4O4/c1-14-11-17(15(2)26-19-8-4-3-7-16(19)25(31)32)24-18(12-14)22(30)13-23(33-24)29-21-10-6-5-9-20(21)27-28-29/h3-13,15,26H,1-2H3,(H,31,32)/t15-/m1/s1. The Morgan fingerprint density at radius 2 is 1.85 bits per heavy atom. The van der Waals surface area contributed by atoms with Gasteiger partial charge in [-0.1, -0.05) is 35.5 Å². The molecule has 2 N–H and O–H groups in total. The van der Waals surface area contributed by atoms with Crippen molar-refractivity contribution in [1.82, 2.24) is 15.0 Å². The highest BCUT2D eigenvalue weighted by atomic mass is 16.4. The Balaban J connectivity index is 1.66. The van der Waals surface area contributed by atoms with Gasteiger partial charge in [0.2, 0.25) is 5.88 Å². The van der Waals surface area contributed by atoms with Crippen molar-refractivity contribution in [2.45, 2.75) is 19.9 Å². The molecule has 8 heteroatoms. The third-order valence-corrected chi connectivity index (χ3v) is 5.55. The number of fused-ring (bicyclic) bond motifs is 2. The van der Waals surface area contributed by atoms with Gasteiger partial charge in [-0.15, -0.1) is 5.10 Å². The normalized spacial score (nSPS) is 12.2. The van der Waals surface area contributed by atoms with Crippen molar-refractivity contribution in [1.29, 1.82) is 0 Å². The number of carboxylic acid groups (broad SMARTS) is 1. The highest BCUT2D eigenvalue weighted by Crippen LogP contribution is 2.30. The summed E-state index contributed by atoms with van der Waals surface area (Å²) in [5.74, 6) is -0.768. The Hall–Kier alpha value is -4.46. The van der Waals surface area contributed by atoms with Crippen LogP contribution in [0.5, 0.6) is 0 Å². The first-order valence-electron chi connectivity index (χ1n) is 10.4. The molecular weight excluding hydrogens is 420 g/mol. The fourth-order valence-corrected chi connectivity index (χ4v) is 3.99. The van der Waals surface area contributed by atoms with Crippen molar-refractivity contribution in [2.75, 3.05) is 5.32 Å². The average molecular weight is 440 g/mol. The second-order valence-corrected chi connectivity index (χ2v) is 7.89. The van der Waals surface area contributed by atoms with E-state index < -0.39 is 5.97 Å². The van der Waals surface area contributed by atoms with Crippen LogP contribution in [0, 0.1) is 6.92 Å². The predicted octanol–water partition coefficient (Wildman–Crippen LogP) is 4.71. The summed E-state index contributed by atoms with van der Waals surface area (Å²) in [6.45, 7) is 3.80. The number of hydrogen-bond donors (Lipinski definition) is 2. The molecule has 33 heavy (non-hydrogen) atoms. The fourth-order valence-electron chi connectivity index (χ4n) is 3.99. The first-order valence-corrected chi connectivity index (χ1v) is 10.4. The van der Waals surface area contributed by atoms with Crippen LogP contribution in [-0.4, -0.2) is 26.1 Å². The fraction of sp³-hybridized carbons (Fsp3) is 0.120. The van der Waals surface area contributed by atoms with Crippen LogP contribution in [0.25, 0.3) is 27.9 Å². The highest BCUT2D eigenvalue weighted by molar-refractivity contribution is 5.94. The van der Waals surface area contributed by atoms with Crippen molar-refractivity contribution in [3.8, 4) is 5.88 Å². The Bertz CT molecular complexity index is 1590. The molecule has 0 radical (unpaired) electrons. The molecule has 1 atom stereocenters. The number of nitrogens with one attached hydrogen (secondary N) is 1. The number of rotatable bonds is 5. The number of carboxylic acids is 1. The molecule has 2 aromatic heterocycles. The highest BCUT2D eigenvalue weighted by Gasteiger charge is 2.19. The molecule has 0 spiro atoms. The van der Waals surface area contributed by atoms with Crippen LogP contribution in [0.15, 0.2) is 75.9 Å². The van der Waals surface area contributed by atoms with E-state index in [0.29, 0.717) is 22.2 Å². The number of para-hydroxylation sites is 2. The van der Waals surface area contributed by atoms with Crippen molar-refractivity contribution >= 4 is 33.7 Å². The Labute approximate surface area is 188 Å². The predicted molar refractivity (Wildman–Crippen MR) is 125 cm³/mol. The number of carbonyl (C=O) groups is 1. The summed E-state index contributed by atoms with van der Waals surface area (Å²) >= 11 is 0. The van der Waals surface area contributed by atoms with Gasteiger partial charge in [-0.05, 0) is 49.7 Å². The smallest absolute Gasteiger partial charge is 0.337 e. The molecule has 0 saturated carbocycles. The summed E-state index contributed by atoms with van der Waals surface area (Å²) in [6.07, 6.45) is 0. The van der Waals surface area contributed by atoms with Crippen LogP contribution >= 0.6 is 0 Å². The Morgan fingerprint density at radius 3 is 2.67 bits per heavy atom. The Morgan fingerprint density at radius 1 is 1.09 bits per heavy atom. The molecule has 2 heterocycles. The maximum Gasteiger partial charge on any atom is 0.337 e. The summed E-state index contributed by atoms with van der Waals surface area (Å²) < 4.78 is 7.72. The summed E-state index contributed by atoms with van der Waals surface area (Å²) in [4.78, 5) is 24.7. The second kappa shape index (κ2) is 7.90. The number of hydrogen-bond acceptors (Lipinski definition) is 6. The molecule has 0 aliphatic heterocycles. The van der Waals surface area contributed by atoms with Gasteiger partial charge in [0.05, 0.1) is 22.5 Å². The zero-order valence-electron chi connectivity index (χ0n) is 17.9. The van der Waals surface area contributed by atoms with E-state index in [1.807, 2.05) is 44.2 Å². The first-order chi connectivity index (χ1) is 15.9. The van der Waals surface area contributed by atoms with Crippen LogP contribution in [-0.2, 0) is 0 Å². The van der Waals surface area contributed by atoms with Gasteiger partial charge in [-0.2, -0.15) is 4.68 Å². The third-order valence-electron chi connectivity index (χ3n) is 5.55. The lowest BCUT2D eigenvalue weighted by atomic mass is 10.0. The zero-order valence-corrected chi connectivity index (χ0v) is 17.9. The van der Waals surface area contributed by atoms with Gasteiger partial charge in [0.25, 0.3) is 0 Å². The van der Waals surface area contributed by atoms with Crippen LogP contribution in [0.4, 0.5) is 5.69 Å². The number of aromatic nitrogens is 3. The number of nitrogens with zero attached hydrogens (tertiary/aromatic N) is 3. The lowest BCUT2D eigenvalue weighted by Gasteiger charge is -2.19. The van der Waals surface area contributed by atoms with E-state index in [-0.39, 0.29) is 22.9 Å². The van der Waals surface area contributed by atoms with Gasteiger partial charge in [0.1, 0.15) is 11.1 Å². The molecule has 0 saturated heterocycles. The van der Waals surface area contributed by atoms with Crippen LogP contribution < -0.4 is 10.7 Å². The van der Waals surface area contributed by atoms with E-state index in [1.165, 1.54) is 10.7 Å². The van der Waals surface area contributed by atoms with Crippen molar-refractivity contribution in [3.05, 3.63) is 93.6 Å². The molecule has 0 aliphatic rings. The quantitative estimate of drug-likeness (QED) is 0.407. The lowest BCUT2D eigenvalue weighted by molar-refractivity contribution is 0.0698. The summed E-state index contributed by atoms with van der Waals surface area (Å²) in [6, 6.07) is 18.9. The minimum Gasteiger partial charge on any atom is -0.478 e. The minimum absolute atomic E-state index is 0.164. The molecule has 0 unspecified atom stereocenters. The number of aryl methyl sites for hydroxylation is 1. The molecule has 0 bridgehead atoms. The van der Waals surface area contributed by atoms with Gasteiger partial charge in [-0.3, -0.25) is 4.79 Å². The van der Waals surface area contributed by atoms with Crippen molar-refractivity contribution < 1.29 is 14.3 Å². The number of aromatic carboxylic acids is 1. The van der Waals surface area contributed by atoms with E-state index in [4.69, 9.17) is 4.42 Å². The second-order valence-electron chi connectivity index (χ2n) is 7.89. The van der Waals surface area contributed by atoms with Crippen molar-refractivity contribution in [3.63, 3.8) is 0 Å². The van der Waals surface area contributed by atoms with Crippen LogP contribution in [0.3, 0.4) is 0 Å². The maximum absolute atomic E-state index is 13.0. The first kappa shape index (κ1) is 20.4. The molecule has 5 aromatic rings. The third kappa shape index (κ3) is 3.61. The topological polar surface area (TPSA) is 110 Å². The van der Waals surface area contributed by atoms with E-state index >= 15 is 0 Å². The molecule has 0 aliphatic carbocycles. The zero-order chi connectivity index (χ0) is 23.1. The summed E-state index contributed by atoms with van der Waals surface area (Å²) in [5.41, 5.74) is 3.88. The van der Waals surface area contributed by atoms with Gasteiger partial charge < -0.3 is 14.8 Å². The summed E-state index contributed by atoms with van der Waals surface area (Å²) in [5, 5.41) is 21.5. The van der Waals surface area contributed by atoms with Crippen LogP contribution in [0.2, 0.25) is 0 Å². The average Bonchev–Trinajstić information content (AvgIpc) is 3.23. The number of anilines is 1. The van der Waals surface area contributed by atoms with E-state index in [1.54, 1.807) is 30.3 Å². The van der Waals surface area contributed by atoms with Gasteiger partial charge in [-0.25, -0.2) is 4.79 Å². The summed E-state index contributed by atoms with van der Waals surface area (Å²) in [7, 11) is 0.